The molecule has 1 aliphatic heterocycles. The van der Waals surface area contributed by atoms with Gasteiger partial charge in [0.15, 0.2) is 0 Å². The highest BCUT2D eigenvalue weighted by atomic mass is 16.2. The predicted octanol–water partition coefficient (Wildman–Crippen LogP) is 4.60. The summed E-state index contributed by atoms with van der Waals surface area (Å²) in [6.45, 7) is 1.41. The van der Waals surface area contributed by atoms with Crippen LogP contribution in [0.4, 0.5) is 11.6 Å². The molecule has 1 amide bonds. The summed E-state index contributed by atoms with van der Waals surface area (Å²) in [5, 5.41) is 4.30. The van der Waals surface area contributed by atoms with E-state index in [-0.39, 0.29) is 11.9 Å². The molecule has 32 heavy (non-hydrogen) atoms. The summed E-state index contributed by atoms with van der Waals surface area (Å²) >= 11 is 0. The molecule has 6 nitrogen and oxygen atoms in total. The molecule has 3 N–H and O–H groups in total. The molecule has 2 aromatic heterocycles. The van der Waals surface area contributed by atoms with Crippen LogP contribution >= 0.6 is 0 Å². The molecule has 160 valence electrons. The molecule has 1 fully saturated rings. The summed E-state index contributed by atoms with van der Waals surface area (Å²) in [7, 11) is 0. The smallest absolute Gasteiger partial charge is 0.253 e. The van der Waals surface area contributed by atoms with E-state index in [1.807, 2.05) is 59.5 Å². The van der Waals surface area contributed by atoms with E-state index in [1.165, 1.54) is 0 Å². The van der Waals surface area contributed by atoms with Crippen LogP contribution in [0.1, 0.15) is 23.2 Å². The minimum atomic E-state index is 0.0529. The first-order valence-electron chi connectivity index (χ1n) is 10.9. The third kappa shape index (κ3) is 4.31. The fraction of sp³-hybridized carbons (Fsp3) is 0.192. The average Bonchev–Trinajstić information content (AvgIpc) is 2.84. The lowest BCUT2D eigenvalue weighted by molar-refractivity contribution is 0.0709. The van der Waals surface area contributed by atoms with Gasteiger partial charge in [-0.3, -0.25) is 4.79 Å². The number of amides is 1. The van der Waals surface area contributed by atoms with Gasteiger partial charge in [0.2, 0.25) is 0 Å². The number of carbonyl (C=O) groups excluding carboxylic acids is 1. The molecule has 0 bridgehead atoms. The van der Waals surface area contributed by atoms with Crippen molar-refractivity contribution in [2.45, 2.75) is 18.9 Å². The van der Waals surface area contributed by atoms with E-state index < -0.39 is 0 Å². The summed E-state index contributed by atoms with van der Waals surface area (Å²) in [4.78, 5) is 23.7. The van der Waals surface area contributed by atoms with Gasteiger partial charge in [0, 0.05) is 36.3 Å². The van der Waals surface area contributed by atoms with E-state index in [2.05, 4.69) is 28.5 Å². The second kappa shape index (κ2) is 8.77. The summed E-state index contributed by atoms with van der Waals surface area (Å²) in [5.41, 5.74) is 9.72. The number of aromatic nitrogens is 2. The van der Waals surface area contributed by atoms with Crippen LogP contribution in [-0.2, 0) is 0 Å². The number of benzene rings is 2. The highest BCUT2D eigenvalue weighted by Crippen LogP contribution is 2.26. The quantitative estimate of drug-likeness (QED) is 0.501. The van der Waals surface area contributed by atoms with Crippen molar-refractivity contribution in [3.63, 3.8) is 0 Å². The van der Waals surface area contributed by atoms with Gasteiger partial charge in [-0.15, -0.1) is 0 Å². The first-order valence-corrected chi connectivity index (χ1v) is 10.9. The third-order valence-electron chi connectivity index (χ3n) is 5.82. The molecule has 6 heteroatoms. The van der Waals surface area contributed by atoms with Crippen LogP contribution in [0.15, 0.2) is 79.0 Å². The highest BCUT2D eigenvalue weighted by Gasteiger charge is 2.22. The number of anilines is 2. The van der Waals surface area contributed by atoms with Crippen molar-refractivity contribution in [1.82, 2.24) is 14.9 Å². The van der Waals surface area contributed by atoms with Crippen LogP contribution < -0.4 is 11.1 Å². The van der Waals surface area contributed by atoms with Crippen LogP contribution in [0.2, 0.25) is 0 Å². The molecule has 0 unspecified atom stereocenters. The molecular weight excluding hydrogens is 398 g/mol. The Balaban J connectivity index is 1.37. The maximum Gasteiger partial charge on any atom is 0.253 e. The number of hydrogen-bond donors (Lipinski definition) is 2. The molecule has 1 saturated heterocycles. The van der Waals surface area contributed by atoms with Crippen molar-refractivity contribution in [2.24, 2.45) is 5.73 Å². The molecule has 0 saturated carbocycles. The number of pyridine rings is 2. The molecule has 3 heterocycles. The van der Waals surface area contributed by atoms with Gasteiger partial charge in [0.25, 0.3) is 5.91 Å². The van der Waals surface area contributed by atoms with Gasteiger partial charge >= 0.3 is 0 Å². The lowest BCUT2D eigenvalue weighted by Crippen LogP contribution is -2.45. The SMILES string of the molecule is N[C@H]1CCCN(C(=O)c2ccc(-c3ccc4ccc(Nc5ccccn5)nc4c3)cc2)C1. The van der Waals surface area contributed by atoms with Crippen molar-refractivity contribution in [3.05, 3.63) is 84.6 Å². The molecule has 1 atom stereocenters. The van der Waals surface area contributed by atoms with Crippen molar-refractivity contribution < 1.29 is 4.79 Å². The van der Waals surface area contributed by atoms with Crippen molar-refractivity contribution in [2.75, 3.05) is 18.4 Å². The zero-order valence-corrected chi connectivity index (χ0v) is 17.7. The number of hydrogen-bond acceptors (Lipinski definition) is 5. The summed E-state index contributed by atoms with van der Waals surface area (Å²) in [6.07, 6.45) is 3.69. The molecule has 1 aliphatic rings. The second-order valence-corrected chi connectivity index (χ2v) is 8.17. The number of likely N-dealkylation sites (tertiary alicyclic amines) is 1. The topological polar surface area (TPSA) is 84.1 Å². The highest BCUT2D eigenvalue weighted by molar-refractivity contribution is 5.95. The zero-order chi connectivity index (χ0) is 21.9. The van der Waals surface area contributed by atoms with Gasteiger partial charge in [0.1, 0.15) is 11.6 Å². The Morgan fingerprint density at radius 3 is 2.56 bits per heavy atom. The van der Waals surface area contributed by atoms with Crippen LogP contribution in [0.5, 0.6) is 0 Å². The molecular formula is C26H25N5O. The number of rotatable bonds is 4. The summed E-state index contributed by atoms with van der Waals surface area (Å²) in [6, 6.07) is 23.8. The Kier molecular flexibility index (Phi) is 5.52. The average molecular weight is 424 g/mol. The molecule has 2 aromatic carbocycles. The Bertz CT molecular complexity index is 1240. The predicted molar refractivity (Wildman–Crippen MR) is 128 cm³/mol. The van der Waals surface area contributed by atoms with Crippen molar-refractivity contribution in [3.8, 4) is 11.1 Å². The first-order chi connectivity index (χ1) is 15.7. The van der Waals surface area contributed by atoms with E-state index in [1.54, 1.807) is 6.20 Å². The minimum absolute atomic E-state index is 0.0529. The molecule has 0 aliphatic carbocycles. The minimum Gasteiger partial charge on any atom is -0.337 e. The van der Waals surface area contributed by atoms with Gasteiger partial charge < -0.3 is 16.0 Å². The molecule has 0 spiro atoms. The van der Waals surface area contributed by atoms with Gasteiger partial charge in [-0.1, -0.05) is 30.3 Å². The van der Waals surface area contributed by atoms with Crippen LogP contribution in [0.3, 0.4) is 0 Å². The number of nitrogens with one attached hydrogen (secondary N) is 1. The zero-order valence-electron chi connectivity index (χ0n) is 17.7. The fourth-order valence-corrected chi connectivity index (χ4v) is 4.12. The monoisotopic (exact) mass is 423 g/mol. The normalized spacial score (nSPS) is 16.2. The fourth-order valence-electron chi connectivity index (χ4n) is 4.12. The standard InChI is InChI=1S/C26H25N5O/c27-22-4-3-15-31(17-22)26(32)20-9-6-18(7-10-20)21-11-8-19-12-13-25(29-23(19)16-21)30-24-5-1-2-14-28-24/h1-2,5-14,16,22H,3-4,15,17,27H2,(H,28,29,30)/t22-/m0/s1. The number of carbonyl (C=O) groups is 1. The number of piperidine rings is 1. The van der Waals surface area contributed by atoms with E-state index in [0.29, 0.717) is 12.1 Å². The molecule has 5 rings (SSSR count). The first kappa shape index (κ1) is 20.2. The Morgan fingerprint density at radius 1 is 0.969 bits per heavy atom. The summed E-state index contributed by atoms with van der Waals surface area (Å²) < 4.78 is 0. The van der Waals surface area contributed by atoms with Crippen LogP contribution in [-0.4, -0.2) is 39.9 Å². The largest absolute Gasteiger partial charge is 0.337 e. The summed E-state index contributed by atoms with van der Waals surface area (Å²) in [5.74, 6) is 1.55. The van der Waals surface area contributed by atoms with Gasteiger partial charge in [-0.2, -0.15) is 0 Å². The van der Waals surface area contributed by atoms with Gasteiger partial charge in [-0.05, 0) is 66.4 Å². The Hall–Kier alpha value is -3.77. The van der Waals surface area contributed by atoms with E-state index in [0.717, 1.165) is 53.1 Å². The lowest BCUT2D eigenvalue weighted by atomic mass is 10.0. The van der Waals surface area contributed by atoms with Crippen molar-refractivity contribution >= 4 is 28.4 Å². The lowest BCUT2D eigenvalue weighted by Gasteiger charge is -2.30. The van der Waals surface area contributed by atoms with E-state index in [9.17, 15) is 4.79 Å². The third-order valence-corrected chi connectivity index (χ3v) is 5.82. The van der Waals surface area contributed by atoms with E-state index >= 15 is 0 Å². The molecule has 0 radical (unpaired) electrons. The van der Waals surface area contributed by atoms with Gasteiger partial charge in [0.05, 0.1) is 5.52 Å². The Morgan fingerprint density at radius 2 is 1.78 bits per heavy atom. The van der Waals surface area contributed by atoms with Crippen molar-refractivity contribution in [1.29, 1.82) is 0 Å². The van der Waals surface area contributed by atoms with Gasteiger partial charge in [-0.25, -0.2) is 9.97 Å². The van der Waals surface area contributed by atoms with Crippen LogP contribution in [0.25, 0.3) is 22.0 Å². The van der Waals surface area contributed by atoms with Crippen LogP contribution in [0, 0.1) is 0 Å². The number of nitrogens with two attached hydrogens (primary N) is 1. The maximum atomic E-state index is 12.8. The van der Waals surface area contributed by atoms with E-state index in [4.69, 9.17) is 10.7 Å². The maximum absolute atomic E-state index is 12.8. The number of fused-ring (bicyclic) bond motifs is 1. The molecule has 4 aromatic rings. The number of nitrogens with zero attached hydrogens (tertiary/aromatic N) is 3. The Labute approximate surface area is 187 Å². The second-order valence-electron chi connectivity index (χ2n) is 8.17.